The number of halogens is 1. The summed E-state index contributed by atoms with van der Waals surface area (Å²) in [5, 5.41) is 21.0. The van der Waals surface area contributed by atoms with Crippen LogP contribution in [-0.2, 0) is 16.8 Å². The molecule has 0 atom stereocenters. The summed E-state index contributed by atoms with van der Waals surface area (Å²) in [6, 6.07) is 7.01. The van der Waals surface area contributed by atoms with Crippen molar-refractivity contribution in [2.75, 3.05) is 5.32 Å². The summed E-state index contributed by atoms with van der Waals surface area (Å²) in [5.41, 5.74) is 1.94. The van der Waals surface area contributed by atoms with E-state index < -0.39 is 11.7 Å². The second-order valence-corrected chi connectivity index (χ2v) is 11.2. The number of aromatic nitrogens is 5. The molecule has 1 aliphatic carbocycles. The van der Waals surface area contributed by atoms with Gasteiger partial charge in [-0.3, -0.25) is 14.7 Å². The monoisotopic (exact) mass is 560 g/mol. The van der Waals surface area contributed by atoms with Crippen LogP contribution in [0.25, 0.3) is 22.2 Å². The Balaban J connectivity index is 1.28. The molecule has 3 heterocycles. The first-order valence-corrected chi connectivity index (χ1v) is 13.6. The van der Waals surface area contributed by atoms with E-state index in [2.05, 4.69) is 47.9 Å². The molecule has 4 N–H and O–H groups in total. The highest BCUT2D eigenvalue weighted by Crippen LogP contribution is 2.34. The Morgan fingerprint density at radius 1 is 1.17 bits per heavy atom. The summed E-state index contributed by atoms with van der Waals surface area (Å²) in [4.78, 5) is 32.6. The zero-order valence-electron chi connectivity index (χ0n) is 23.3. The fourth-order valence-corrected chi connectivity index (χ4v) is 4.86. The summed E-state index contributed by atoms with van der Waals surface area (Å²) in [6.07, 6.45) is 6.36. The lowest BCUT2D eigenvalue weighted by molar-refractivity contribution is -0.117. The molecule has 1 aromatic carbocycles. The summed E-state index contributed by atoms with van der Waals surface area (Å²) in [7, 11) is 0. The van der Waals surface area contributed by atoms with E-state index in [1.807, 2.05) is 26.8 Å². The molecule has 0 saturated heterocycles. The second-order valence-electron chi connectivity index (χ2n) is 11.2. The van der Waals surface area contributed by atoms with Gasteiger partial charge >= 0.3 is 0 Å². The third kappa shape index (κ3) is 6.26. The molecule has 3 aromatic heterocycles. The van der Waals surface area contributed by atoms with Crippen molar-refractivity contribution in [3.63, 3.8) is 0 Å². The van der Waals surface area contributed by atoms with Gasteiger partial charge in [-0.15, -0.1) is 0 Å². The summed E-state index contributed by atoms with van der Waals surface area (Å²) >= 11 is 0. The molecule has 1 saturated carbocycles. The topological polar surface area (TPSA) is 151 Å². The first-order valence-electron chi connectivity index (χ1n) is 13.6. The number of fused-ring (bicyclic) bond motifs is 1. The van der Waals surface area contributed by atoms with Gasteiger partial charge in [-0.2, -0.15) is 10.1 Å². The van der Waals surface area contributed by atoms with Gasteiger partial charge in [-0.25, -0.2) is 9.37 Å². The molecule has 0 aliphatic heterocycles. The molecule has 0 unspecified atom stereocenters. The van der Waals surface area contributed by atoms with Crippen LogP contribution in [0.15, 0.2) is 47.6 Å². The van der Waals surface area contributed by atoms with Crippen LogP contribution in [0.1, 0.15) is 68.5 Å². The number of nitrogens with zero attached hydrogens (tertiary/aromatic N) is 4. The predicted octanol–water partition coefficient (Wildman–Crippen LogP) is 4.40. The lowest BCUT2D eigenvalue weighted by Gasteiger charge is -2.29. The number of nitrogens with one attached hydrogen (secondary N) is 4. The number of amides is 2. The van der Waals surface area contributed by atoms with Gasteiger partial charge in [0.2, 0.25) is 11.8 Å². The molecule has 214 valence electrons. The van der Waals surface area contributed by atoms with Gasteiger partial charge in [0, 0.05) is 35.8 Å². The van der Waals surface area contributed by atoms with Crippen molar-refractivity contribution >= 4 is 28.7 Å². The first-order chi connectivity index (χ1) is 19.6. The minimum atomic E-state index is -0.546. The van der Waals surface area contributed by atoms with Gasteiger partial charge in [0.25, 0.3) is 11.7 Å². The van der Waals surface area contributed by atoms with Crippen LogP contribution in [0.2, 0.25) is 0 Å². The number of anilines is 1. The normalized spacial score (nSPS) is 17.3. The molecule has 0 spiro atoms. The van der Waals surface area contributed by atoms with Crippen LogP contribution in [-0.4, -0.2) is 49.2 Å². The van der Waals surface area contributed by atoms with Gasteiger partial charge in [0.05, 0.1) is 5.39 Å². The fourth-order valence-electron chi connectivity index (χ4n) is 4.86. The van der Waals surface area contributed by atoms with E-state index >= 15 is 4.39 Å². The van der Waals surface area contributed by atoms with Gasteiger partial charge in [-0.05, 0) is 55.0 Å². The Labute approximate surface area is 236 Å². The molecule has 1 aliphatic rings. The number of carbonyl (C=O) groups excluding carboxylic acids is 2. The Morgan fingerprint density at radius 3 is 2.61 bits per heavy atom. The fraction of sp³-hybridized carbons (Fsp3) is 0.379. The molecular weight excluding hydrogens is 527 g/mol. The third-order valence-corrected chi connectivity index (χ3v) is 7.14. The van der Waals surface area contributed by atoms with E-state index in [9.17, 15) is 9.59 Å². The number of H-pyrrole nitrogens is 1. The molecule has 0 radical (unpaired) electrons. The van der Waals surface area contributed by atoms with Crippen LogP contribution in [0, 0.1) is 5.82 Å². The highest BCUT2D eigenvalue weighted by atomic mass is 19.1. The second kappa shape index (κ2) is 11.5. The minimum Gasteiger partial charge on any atom is -0.365 e. The Kier molecular flexibility index (Phi) is 7.82. The van der Waals surface area contributed by atoms with Crippen molar-refractivity contribution in [3.05, 3.63) is 66.2 Å². The molecule has 41 heavy (non-hydrogen) atoms. The van der Waals surface area contributed by atoms with E-state index in [-0.39, 0.29) is 35.8 Å². The molecule has 12 heteroatoms. The minimum absolute atomic E-state index is 0.0372. The smallest absolute Gasteiger partial charge is 0.292 e. The van der Waals surface area contributed by atoms with Crippen molar-refractivity contribution in [2.24, 2.45) is 0 Å². The maximum Gasteiger partial charge on any atom is 0.292 e. The highest BCUT2D eigenvalue weighted by molar-refractivity contribution is 6.00. The van der Waals surface area contributed by atoms with Crippen LogP contribution in [0.5, 0.6) is 0 Å². The van der Waals surface area contributed by atoms with E-state index in [4.69, 9.17) is 4.52 Å². The number of aromatic amines is 1. The third-order valence-electron chi connectivity index (χ3n) is 7.14. The Bertz CT molecular complexity index is 1580. The molecule has 2 amide bonds. The van der Waals surface area contributed by atoms with Crippen molar-refractivity contribution in [1.29, 1.82) is 0 Å². The number of carbonyl (C=O) groups is 2. The molecule has 11 nitrogen and oxygen atoms in total. The lowest BCUT2D eigenvalue weighted by atomic mass is 9.91. The van der Waals surface area contributed by atoms with Crippen LogP contribution in [0.3, 0.4) is 0 Å². The van der Waals surface area contributed by atoms with Crippen molar-refractivity contribution in [2.45, 2.75) is 70.5 Å². The van der Waals surface area contributed by atoms with E-state index in [1.165, 1.54) is 12.1 Å². The van der Waals surface area contributed by atoms with E-state index in [1.54, 1.807) is 18.3 Å². The predicted molar refractivity (Wildman–Crippen MR) is 151 cm³/mol. The van der Waals surface area contributed by atoms with Gasteiger partial charge in [0.15, 0.2) is 11.5 Å². The highest BCUT2D eigenvalue weighted by Gasteiger charge is 2.25. The lowest BCUT2D eigenvalue weighted by Crippen LogP contribution is -2.39. The average Bonchev–Trinajstić information content (AvgIpc) is 3.61. The number of rotatable bonds is 8. The zero-order chi connectivity index (χ0) is 29.1. The number of benzene rings is 1. The number of hydrogen-bond donors (Lipinski definition) is 4. The van der Waals surface area contributed by atoms with Crippen molar-refractivity contribution in [1.82, 2.24) is 36.0 Å². The maximum atomic E-state index is 15.2. The van der Waals surface area contributed by atoms with Crippen molar-refractivity contribution < 1.29 is 18.5 Å². The van der Waals surface area contributed by atoms with Crippen LogP contribution >= 0.6 is 0 Å². The zero-order valence-corrected chi connectivity index (χ0v) is 23.3. The number of hydrogen-bond acceptors (Lipinski definition) is 8. The van der Waals surface area contributed by atoms with E-state index in [0.29, 0.717) is 28.5 Å². The quantitative estimate of drug-likeness (QED) is 0.232. The van der Waals surface area contributed by atoms with Gasteiger partial charge in [-0.1, -0.05) is 44.6 Å². The Morgan fingerprint density at radius 2 is 1.93 bits per heavy atom. The largest absolute Gasteiger partial charge is 0.365 e. The molecule has 4 aromatic rings. The van der Waals surface area contributed by atoms with Crippen LogP contribution < -0.4 is 16.0 Å². The molecule has 1 fully saturated rings. The summed E-state index contributed by atoms with van der Waals surface area (Å²) < 4.78 is 20.4. The van der Waals surface area contributed by atoms with Crippen molar-refractivity contribution in [3.8, 4) is 11.1 Å². The number of pyridine rings is 1. The maximum absolute atomic E-state index is 15.2. The Hall–Kier alpha value is -4.61. The van der Waals surface area contributed by atoms with E-state index in [0.717, 1.165) is 36.6 Å². The first kappa shape index (κ1) is 27.9. The van der Waals surface area contributed by atoms with Gasteiger partial charge in [0.1, 0.15) is 5.82 Å². The average molecular weight is 561 g/mol. The SMILES string of the molecule is C=CC(=O)N[C@H]1CC[C@@H](Nc2n[nH]c3nccc(-c4ccc(CNC(=O)c5noc(C(C)(C)C)n5)c(F)c4)c23)CC1. The summed E-state index contributed by atoms with van der Waals surface area (Å²) in [5.74, 6) is -0.268. The molecule has 5 rings (SSSR count). The van der Waals surface area contributed by atoms with Crippen LogP contribution in [0.4, 0.5) is 10.2 Å². The molecular formula is C29H33FN8O3. The standard InChI is InChI=1S/C29H33FN8O3/c1-5-22(39)33-18-8-10-19(11-9-18)34-25-23-20(12-13-31-24(23)36-37-25)16-6-7-17(21(30)14-16)15-32-27(40)26-35-28(41-38-26)29(2,3)4/h5-7,12-14,18-19H,1,8-11,15H2,2-4H3,(H,32,40)(H,33,39)(H2,31,34,36,37)/t18-,19+. The van der Waals surface area contributed by atoms with Gasteiger partial charge < -0.3 is 20.5 Å². The molecule has 0 bridgehead atoms. The summed E-state index contributed by atoms with van der Waals surface area (Å²) in [6.45, 7) is 9.17.